The molecule has 2 aromatic heterocycles. The Hall–Kier alpha value is -1.83. The first-order valence-electron chi connectivity index (χ1n) is 8.12. The van der Waals surface area contributed by atoms with E-state index in [0.29, 0.717) is 24.3 Å². The lowest BCUT2D eigenvalue weighted by molar-refractivity contribution is 0.0225. The predicted molar refractivity (Wildman–Crippen MR) is 92.1 cm³/mol. The fraction of sp³-hybridized carbons (Fsp3) is 0.412. The molecule has 6 nitrogen and oxygen atoms in total. The summed E-state index contributed by atoms with van der Waals surface area (Å²) in [5.74, 6) is 1.32. The number of hydrogen-bond acceptors (Lipinski definition) is 6. The summed E-state index contributed by atoms with van der Waals surface area (Å²) in [7, 11) is 0. The summed E-state index contributed by atoms with van der Waals surface area (Å²) in [6, 6.07) is 8.05. The molecule has 0 saturated carbocycles. The van der Waals surface area contributed by atoms with Crippen molar-refractivity contribution in [2.75, 3.05) is 25.6 Å². The van der Waals surface area contributed by atoms with E-state index in [4.69, 9.17) is 13.9 Å². The highest BCUT2D eigenvalue weighted by molar-refractivity contribution is 7.99. The van der Waals surface area contributed by atoms with Crippen molar-refractivity contribution in [3.8, 4) is 11.5 Å². The van der Waals surface area contributed by atoms with Gasteiger partial charge < -0.3 is 18.9 Å². The molecular weight excluding hydrogens is 326 g/mol. The molecule has 3 aromatic rings. The molecule has 3 heterocycles. The van der Waals surface area contributed by atoms with Gasteiger partial charge in [0.05, 0.1) is 24.9 Å². The van der Waals surface area contributed by atoms with Gasteiger partial charge in [0.2, 0.25) is 0 Å². The van der Waals surface area contributed by atoms with Crippen molar-refractivity contribution in [3.05, 3.63) is 30.5 Å². The van der Waals surface area contributed by atoms with Crippen molar-refractivity contribution in [2.24, 2.45) is 0 Å². The lowest BCUT2D eigenvalue weighted by Gasteiger charge is -2.08. The number of aromatic nitrogens is 3. The summed E-state index contributed by atoms with van der Waals surface area (Å²) in [6.07, 6.45) is 4.41. The van der Waals surface area contributed by atoms with Gasteiger partial charge in [-0.3, -0.25) is 0 Å². The first-order valence-corrected chi connectivity index (χ1v) is 9.11. The fourth-order valence-corrected chi connectivity index (χ4v) is 3.42. The molecular formula is C17H19N3O3S. The molecule has 7 heteroatoms. The van der Waals surface area contributed by atoms with Crippen molar-refractivity contribution in [1.29, 1.82) is 0 Å². The van der Waals surface area contributed by atoms with Crippen molar-refractivity contribution in [1.82, 2.24) is 15.2 Å². The van der Waals surface area contributed by atoms with Crippen molar-refractivity contribution < 1.29 is 13.9 Å². The third-order valence-corrected chi connectivity index (χ3v) is 4.79. The van der Waals surface area contributed by atoms with Crippen LogP contribution in [0.3, 0.4) is 0 Å². The van der Waals surface area contributed by atoms with Crippen LogP contribution in [-0.4, -0.2) is 46.9 Å². The van der Waals surface area contributed by atoms with E-state index in [-0.39, 0.29) is 6.10 Å². The third kappa shape index (κ3) is 3.48. The zero-order valence-electron chi connectivity index (χ0n) is 13.2. The topological polar surface area (TPSA) is 73.2 Å². The number of fused-ring (bicyclic) bond motifs is 1. The van der Waals surface area contributed by atoms with E-state index in [0.717, 1.165) is 41.7 Å². The van der Waals surface area contributed by atoms with E-state index < -0.39 is 0 Å². The number of thioether (sulfide) groups is 1. The maximum Gasteiger partial charge on any atom is 0.276 e. The molecule has 0 spiro atoms. The van der Waals surface area contributed by atoms with E-state index in [1.807, 2.05) is 30.5 Å². The Bertz CT molecular complexity index is 795. The molecule has 1 atom stereocenters. The fourth-order valence-electron chi connectivity index (χ4n) is 2.80. The van der Waals surface area contributed by atoms with E-state index in [2.05, 4.69) is 15.2 Å². The van der Waals surface area contributed by atoms with Gasteiger partial charge in [-0.2, -0.15) is 0 Å². The number of ether oxygens (including phenoxy) is 2. The summed E-state index contributed by atoms with van der Waals surface area (Å²) in [5, 5.41) is 9.91. The molecule has 24 heavy (non-hydrogen) atoms. The minimum atomic E-state index is 0.270. The van der Waals surface area contributed by atoms with Crippen LogP contribution in [0.25, 0.3) is 22.4 Å². The van der Waals surface area contributed by atoms with Crippen molar-refractivity contribution in [2.45, 2.75) is 24.2 Å². The summed E-state index contributed by atoms with van der Waals surface area (Å²) in [4.78, 5) is 3.22. The Kier molecular flexibility index (Phi) is 4.82. The highest BCUT2D eigenvalue weighted by Crippen LogP contribution is 2.29. The Morgan fingerprint density at radius 3 is 3.17 bits per heavy atom. The van der Waals surface area contributed by atoms with Crippen LogP contribution in [0.4, 0.5) is 0 Å². The van der Waals surface area contributed by atoms with Crippen LogP contribution in [0.5, 0.6) is 0 Å². The second kappa shape index (κ2) is 7.38. The Balaban J connectivity index is 1.30. The second-order valence-electron chi connectivity index (χ2n) is 5.68. The number of benzene rings is 1. The van der Waals surface area contributed by atoms with Crippen LogP contribution < -0.4 is 0 Å². The Morgan fingerprint density at radius 2 is 2.25 bits per heavy atom. The van der Waals surface area contributed by atoms with Crippen LogP contribution in [0.15, 0.2) is 40.1 Å². The van der Waals surface area contributed by atoms with Gasteiger partial charge in [0.1, 0.15) is 0 Å². The van der Waals surface area contributed by atoms with E-state index >= 15 is 0 Å². The molecule has 1 aliphatic rings. The molecule has 0 aliphatic carbocycles. The summed E-state index contributed by atoms with van der Waals surface area (Å²) < 4.78 is 16.9. The molecule has 1 N–H and O–H groups in total. The average Bonchev–Trinajstić information content (AvgIpc) is 3.35. The highest BCUT2D eigenvalue weighted by atomic mass is 32.2. The minimum Gasteiger partial charge on any atom is -0.411 e. The number of hydrogen-bond donors (Lipinski definition) is 1. The molecule has 0 radical (unpaired) electrons. The zero-order chi connectivity index (χ0) is 16.2. The van der Waals surface area contributed by atoms with Crippen LogP contribution >= 0.6 is 11.8 Å². The number of aromatic amines is 1. The van der Waals surface area contributed by atoms with Crippen LogP contribution in [0.1, 0.15) is 12.8 Å². The van der Waals surface area contributed by atoms with Gasteiger partial charge in [0.15, 0.2) is 0 Å². The molecule has 0 unspecified atom stereocenters. The number of H-pyrrole nitrogens is 1. The molecule has 1 fully saturated rings. The first-order chi connectivity index (χ1) is 11.9. The van der Waals surface area contributed by atoms with Gasteiger partial charge in [-0.25, -0.2) is 0 Å². The smallest absolute Gasteiger partial charge is 0.276 e. The summed E-state index contributed by atoms with van der Waals surface area (Å²) >= 11 is 1.51. The van der Waals surface area contributed by atoms with Crippen molar-refractivity contribution in [3.63, 3.8) is 0 Å². The van der Waals surface area contributed by atoms with Crippen LogP contribution in [0, 0.1) is 0 Å². The molecule has 1 aliphatic heterocycles. The van der Waals surface area contributed by atoms with Gasteiger partial charge >= 0.3 is 0 Å². The molecule has 1 aromatic carbocycles. The van der Waals surface area contributed by atoms with E-state index in [1.165, 1.54) is 11.8 Å². The normalized spacial score (nSPS) is 17.8. The number of nitrogens with one attached hydrogen (secondary N) is 1. The lowest BCUT2D eigenvalue weighted by Crippen LogP contribution is -2.15. The van der Waals surface area contributed by atoms with Gasteiger partial charge in [0, 0.05) is 29.5 Å². The zero-order valence-corrected chi connectivity index (χ0v) is 14.1. The molecule has 4 rings (SSSR count). The first kappa shape index (κ1) is 15.7. The number of rotatable bonds is 7. The van der Waals surface area contributed by atoms with Crippen molar-refractivity contribution >= 4 is 22.7 Å². The molecule has 0 bridgehead atoms. The SMILES string of the molecule is c1ccc2c(-c3nnc(SCCOC[C@H]4CCCO4)o3)c[nH]c2c1. The Labute approximate surface area is 143 Å². The number of nitrogens with zero attached hydrogens (tertiary/aromatic N) is 2. The quantitative estimate of drug-likeness (QED) is 0.522. The predicted octanol–water partition coefficient (Wildman–Crippen LogP) is 3.51. The maximum atomic E-state index is 5.76. The standard InChI is InChI=1S/C17H19N3O3S/c1-2-6-15-13(5-1)14(10-18-15)16-19-20-17(23-16)24-9-8-21-11-12-4-3-7-22-12/h1-2,5-6,10,12,18H,3-4,7-9,11H2/t12-/m1/s1. The monoisotopic (exact) mass is 345 g/mol. The summed E-state index contributed by atoms with van der Waals surface area (Å²) in [6.45, 7) is 2.18. The maximum absolute atomic E-state index is 5.76. The lowest BCUT2D eigenvalue weighted by atomic mass is 10.2. The largest absolute Gasteiger partial charge is 0.411 e. The van der Waals surface area contributed by atoms with Crippen LogP contribution in [-0.2, 0) is 9.47 Å². The summed E-state index contributed by atoms with van der Waals surface area (Å²) in [5.41, 5.74) is 1.99. The Morgan fingerprint density at radius 1 is 1.29 bits per heavy atom. The minimum absolute atomic E-state index is 0.270. The van der Waals surface area contributed by atoms with E-state index in [1.54, 1.807) is 0 Å². The van der Waals surface area contributed by atoms with Gasteiger partial charge in [0.25, 0.3) is 11.1 Å². The van der Waals surface area contributed by atoms with E-state index in [9.17, 15) is 0 Å². The van der Waals surface area contributed by atoms with Gasteiger partial charge in [-0.05, 0) is 18.9 Å². The average molecular weight is 345 g/mol. The third-order valence-electron chi connectivity index (χ3n) is 4.01. The highest BCUT2D eigenvalue weighted by Gasteiger charge is 2.16. The van der Waals surface area contributed by atoms with Gasteiger partial charge in [-0.1, -0.05) is 30.0 Å². The molecule has 0 amide bonds. The molecule has 126 valence electrons. The van der Waals surface area contributed by atoms with Crippen LogP contribution in [0.2, 0.25) is 0 Å². The van der Waals surface area contributed by atoms with Gasteiger partial charge in [-0.15, -0.1) is 10.2 Å². The molecule has 1 saturated heterocycles. The second-order valence-corrected chi connectivity index (χ2v) is 6.73. The number of para-hydroxylation sites is 1.